The lowest BCUT2D eigenvalue weighted by Gasteiger charge is -1.90. The molecular formula is C8H9N3OS2. The largest absolute Gasteiger partial charge is 0.369 e. The average Bonchev–Trinajstić information content (AvgIpc) is 2.43. The lowest BCUT2D eigenvalue weighted by atomic mass is 10.3. The summed E-state index contributed by atoms with van der Waals surface area (Å²) in [4.78, 5) is 15.8. The van der Waals surface area contributed by atoms with Crippen LogP contribution in [0, 0.1) is 18.3 Å². The van der Waals surface area contributed by atoms with E-state index in [-0.39, 0.29) is 12.3 Å². The molecule has 1 aromatic rings. The van der Waals surface area contributed by atoms with E-state index in [1.165, 1.54) is 23.1 Å². The molecule has 1 rings (SSSR count). The number of hydrogen-bond acceptors (Lipinski definition) is 5. The monoisotopic (exact) mass is 227 g/mol. The number of nitrogens with zero attached hydrogens (tertiary/aromatic N) is 2. The van der Waals surface area contributed by atoms with Gasteiger partial charge >= 0.3 is 0 Å². The van der Waals surface area contributed by atoms with Crippen molar-refractivity contribution in [3.8, 4) is 6.07 Å². The van der Waals surface area contributed by atoms with Gasteiger partial charge in [-0.2, -0.15) is 5.26 Å². The molecule has 4 nitrogen and oxygen atoms in total. The molecule has 1 aromatic heterocycles. The Morgan fingerprint density at radius 2 is 2.50 bits per heavy atom. The summed E-state index contributed by atoms with van der Waals surface area (Å²) in [5.74, 6) is 0.0248. The van der Waals surface area contributed by atoms with Gasteiger partial charge in [-0.25, -0.2) is 4.98 Å². The van der Waals surface area contributed by atoms with Crippen molar-refractivity contribution in [1.29, 1.82) is 5.26 Å². The first-order valence-corrected chi connectivity index (χ1v) is 5.68. The molecule has 0 aromatic carbocycles. The molecule has 2 N–H and O–H groups in total. The van der Waals surface area contributed by atoms with Crippen LogP contribution in [-0.2, 0) is 11.2 Å². The van der Waals surface area contributed by atoms with E-state index in [1.54, 1.807) is 0 Å². The standard InChI is InChI=1S/C8H9N3OS2/c1-5-6(4-7(10)12)14-8(11-5)13-3-2-9/h3-4H2,1H3,(H2,10,12). The second-order valence-corrected chi connectivity index (χ2v) is 4.88. The van der Waals surface area contributed by atoms with E-state index in [0.29, 0.717) is 5.75 Å². The Balaban J connectivity index is 2.72. The smallest absolute Gasteiger partial charge is 0.222 e. The lowest BCUT2D eigenvalue weighted by Crippen LogP contribution is -2.13. The van der Waals surface area contributed by atoms with Gasteiger partial charge in [0.1, 0.15) is 0 Å². The number of thiazole rings is 1. The predicted molar refractivity (Wildman–Crippen MR) is 56.1 cm³/mol. The Morgan fingerprint density at radius 3 is 3.07 bits per heavy atom. The molecule has 0 unspecified atom stereocenters. The molecule has 1 amide bonds. The summed E-state index contributed by atoms with van der Waals surface area (Å²) in [6, 6.07) is 2.02. The summed E-state index contributed by atoms with van der Waals surface area (Å²) in [6.45, 7) is 1.84. The number of aryl methyl sites for hydroxylation is 1. The Bertz CT molecular complexity index is 380. The van der Waals surface area contributed by atoms with Gasteiger partial charge in [0.15, 0.2) is 4.34 Å². The van der Waals surface area contributed by atoms with Crippen LogP contribution in [0.25, 0.3) is 0 Å². The molecule has 0 aliphatic carbocycles. The zero-order valence-corrected chi connectivity index (χ0v) is 9.24. The molecule has 14 heavy (non-hydrogen) atoms. The topological polar surface area (TPSA) is 79.8 Å². The second-order valence-electron chi connectivity index (χ2n) is 2.58. The van der Waals surface area contributed by atoms with Gasteiger partial charge in [-0.15, -0.1) is 11.3 Å². The first-order valence-electron chi connectivity index (χ1n) is 3.88. The number of aromatic nitrogens is 1. The third-order valence-electron chi connectivity index (χ3n) is 1.47. The normalized spacial score (nSPS) is 9.71. The SMILES string of the molecule is Cc1nc(SCC#N)sc1CC(N)=O. The quantitative estimate of drug-likeness (QED) is 0.781. The maximum absolute atomic E-state index is 10.7. The van der Waals surface area contributed by atoms with Crippen LogP contribution in [0.5, 0.6) is 0 Å². The van der Waals surface area contributed by atoms with Crippen molar-refractivity contribution >= 4 is 29.0 Å². The van der Waals surface area contributed by atoms with Crippen molar-refractivity contribution in [1.82, 2.24) is 4.98 Å². The van der Waals surface area contributed by atoms with Crippen molar-refractivity contribution < 1.29 is 4.79 Å². The van der Waals surface area contributed by atoms with Gasteiger partial charge in [0.25, 0.3) is 0 Å². The van der Waals surface area contributed by atoms with Gasteiger partial charge in [0.05, 0.1) is 23.9 Å². The highest BCUT2D eigenvalue weighted by Gasteiger charge is 2.09. The first-order chi connectivity index (χ1) is 6.63. The molecule has 74 valence electrons. The fourth-order valence-electron chi connectivity index (χ4n) is 0.879. The van der Waals surface area contributed by atoms with E-state index in [2.05, 4.69) is 4.98 Å². The molecule has 0 radical (unpaired) electrons. The van der Waals surface area contributed by atoms with Crippen LogP contribution >= 0.6 is 23.1 Å². The number of nitrogens with two attached hydrogens (primary N) is 1. The number of carbonyl (C=O) groups excluding carboxylic acids is 1. The highest BCUT2D eigenvalue weighted by Crippen LogP contribution is 2.26. The van der Waals surface area contributed by atoms with Gasteiger partial charge in [-0.3, -0.25) is 4.79 Å². The van der Waals surface area contributed by atoms with E-state index in [4.69, 9.17) is 11.0 Å². The van der Waals surface area contributed by atoms with E-state index in [9.17, 15) is 4.79 Å². The van der Waals surface area contributed by atoms with Gasteiger partial charge in [-0.05, 0) is 6.92 Å². The third-order valence-corrected chi connectivity index (χ3v) is 3.64. The Kier molecular flexibility index (Phi) is 3.92. The summed E-state index contributed by atoms with van der Waals surface area (Å²) >= 11 is 2.80. The number of rotatable bonds is 4. The third kappa shape index (κ3) is 3.01. The molecule has 0 aliphatic rings. The first kappa shape index (κ1) is 11.0. The maximum atomic E-state index is 10.7. The number of amides is 1. The Hall–Kier alpha value is -1.06. The summed E-state index contributed by atoms with van der Waals surface area (Å²) in [5, 5.41) is 8.38. The minimum absolute atomic E-state index is 0.233. The Labute approximate surface area is 90.1 Å². The number of hydrogen-bond donors (Lipinski definition) is 1. The van der Waals surface area contributed by atoms with E-state index < -0.39 is 0 Å². The van der Waals surface area contributed by atoms with Crippen molar-refractivity contribution in [3.05, 3.63) is 10.6 Å². The fourth-order valence-corrected chi connectivity index (χ4v) is 2.78. The highest BCUT2D eigenvalue weighted by atomic mass is 32.2. The molecule has 0 spiro atoms. The zero-order chi connectivity index (χ0) is 10.6. The van der Waals surface area contributed by atoms with Gasteiger partial charge < -0.3 is 5.73 Å². The molecule has 0 fully saturated rings. The fraction of sp³-hybridized carbons (Fsp3) is 0.375. The number of carbonyl (C=O) groups is 1. The van der Waals surface area contributed by atoms with Crippen LogP contribution in [0.2, 0.25) is 0 Å². The zero-order valence-electron chi connectivity index (χ0n) is 7.61. The van der Waals surface area contributed by atoms with Crippen molar-refractivity contribution in [2.75, 3.05) is 5.75 Å². The minimum atomic E-state index is -0.353. The molecule has 0 saturated heterocycles. The Morgan fingerprint density at radius 1 is 1.79 bits per heavy atom. The highest BCUT2D eigenvalue weighted by molar-refractivity contribution is 8.01. The molecule has 6 heteroatoms. The minimum Gasteiger partial charge on any atom is -0.369 e. The van der Waals surface area contributed by atoms with E-state index >= 15 is 0 Å². The van der Waals surface area contributed by atoms with Gasteiger partial charge in [0.2, 0.25) is 5.91 Å². The van der Waals surface area contributed by atoms with Crippen LogP contribution in [0.3, 0.4) is 0 Å². The van der Waals surface area contributed by atoms with Crippen molar-refractivity contribution in [2.24, 2.45) is 5.73 Å². The van der Waals surface area contributed by atoms with Crippen LogP contribution < -0.4 is 5.73 Å². The van der Waals surface area contributed by atoms with Gasteiger partial charge in [-0.1, -0.05) is 11.8 Å². The van der Waals surface area contributed by atoms with Crippen LogP contribution in [-0.4, -0.2) is 16.6 Å². The summed E-state index contributed by atoms with van der Waals surface area (Å²) in [5.41, 5.74) is 5.91. The van der Waals surface area contributed by atoms with Crippen LogP contribution in [0.15, 0.2) is 4.34 Å². The van der Waals surface area contributed by atoms with E-state index in [0.717, 1.165) is 14.9 Å². The summed E-state index contributed by atoms with van der Waals surface area (Å²) in [6.07, 6.45) is 0.233. The van der Waals surface area contributed by atoms with E-state index in [1.807, 2.05) is 13.0 Å². The number of primary amides is 1. The molecule has 0 aliphatic heterocycles. The number of nitriles is 1. The summed E-state index contributed by atoms with van der Waals surface area (Å²) < 4.78 is 0.820. The summed E-state index contributed by atoms with van der Waals surface area (Å²) in [7, 11) is 0. The predicted octanol–water partition coefficient (Wildman–Crippen LogP) is 1.09. The number of thioether (sulfide) groups is 1. The molecule has 1 heterocycles. The molecule has 0 saturated carbocycles. The second kappa shape index (κ2) is 4.98. The van der Waals surface area contributed by atoms with Crippen molar-refractivity contribution in [2.45, 2.75) is 17.7 Å². The molecule has 0 bridgehead atoms. The molecule has 0 atom stereocenters. The lowest BCUT2D eigenvalue weighted by molar-refractivity contribution is -0.117. The van der Waals surface area contributed by atoms with Crippen LogP contribution in [0.4, 0.5) is 0 Å². The van der Waals surface area contributed by atoms with Crippen molar-refractivity contribution in [3.63, 3.8) is 0 Å². The van der Waals surface area contributed by atoms with Crippen LogP contribution in [0.1, 0.15) is 10.6 Å². The molecular weight excluding hydrogens is 218 g/mol. The van der Waals surface area contributed by atoms with Gasteiger partial charge in [0, 0.05) is 4.88 Å². The maximum Gasteiger partial charge on any atom is 0.222 e. The average molecular weight is 227 g/mol.